The van der Waals surface area contributed by atoms with Crippen LogP contribution < -0.4 is 5.32 Å². The third-order valence-electron chi connectivity index (χ3n) is 4.77. The number of nitrogens with one attached hydrogen (secondary N) is 1. The van der Waals surface area contributed by atoms with E-state index in [0.717, 1.165) is 35.5 Å². The van der Waals surface area contributed by atoms with Crippen molar-refractivity contribution in [2.24, 2.45) is 0 Å². The maximum atomic E-state index is 11.6. The second-order valence-corrected chi connectivity index (χ2v) is 8.02. The van der Waals surface area contributed by atoms with Crippen LogP contribution in [0.15, 0.2) is 16.8 Å². The van der Waals surface area contributed by atoms with Gasteiger partial charge in [0.1, 0.15) is 5.76 Å². The number of nitro groups is 1. The summed E-state index contributed by atoms with van der Waals surface area (Å²) in [7, 11) is 0. The molecule has 0 aromatic carbocycles. The van der Waals surface area contributed by atoms with Crippen molar-refractivity contribution in [3.05, 3.63) is 49.4 Å². The maximum Gasteiger partial charge on any atom is 0.311 e. The van der Waals surface area contributed by atoms with Crippen molar-refractivity contribution in [3.63, 3.8) is 0 Å². The second-order valence-electron chi connectivity index (χ2n) is 6.73. The molecule has 3 heterocycles. The predicted octanol–water partition coefficient (Wildman–Crippen LogP) is 4.00. The fourth-order valence-corrected chi connectivity index (χ4v) is 4.62. The zero-order chi connectivity index (χ0) is 19.1. The first-order chi connectivity index (χ1) is 12.9. The van der Waals surface area contributed by atoms with Crippen LogP contribution in [0.1, 0.15) is 33.5 Å². The van der Waals surface area contributed by atoms with Gasteiger partial charge in [-0.05, 0) is 33.6 Å². The molecule has 27 heavy (non-hydrogen) atoms. The Kier molecular flexibility index (Phi) is 4.39. The topological polar surface area (TPSA) is 107 Å². The number of nitrogens with zero attached hydrogens (tertiary/aromatic N) is 4. The highest BCUT2D eigenvalue weighted by Gasteiger charge is 2.26. The van der Waals surface area contributed by atoms with Gasteiger partial charge in [-0.3, -0.25) is 10.1 Å². The normalized spacial score (nSPS) is 16.2. The number of hydrogen-bond acceptors (Lipinski definition) is 8. The van der Waals surface area contributed by atoms with Crippen LogP contribution in [0.5, 0.6) is 0 Å². The van der Waals surface area contributed by atoms with Gasteiger partial charge in [0.25, 0.3) is 0 Å². The first kappa shape index (κ1) is 17.6. The lowest BCUT2D eigenvalue weighted by molar-refractivity contribution is -0.384. The summed E-state index contributed by atoms with van der Waals surface area (Å²) in [5.74, 6) is 0.912. The number of aryl methyl sites for hydroxylation is 4. The van der Waals surface area contributed by atoms with Crippen LogP contribution in [0.2, 0.25) is 0 Å². The van der Waals surface area contributed by atoms with E-state index in [1.807, 2.05) is 6.92 Å². The highest BCUT2D eigenvalue weighted by Crippen LogP contribution is 2.34. The summed E-state index contributed by atoms with van der Waals surface area (Å²) in [4.78, 5) is 21.4. The molecule has 0 aliphatic heterocycles. The number of fused-ring (bicyclic) bond motifs is 1. The van der Waals surface area contributed by atoms with E-state index < -0.39 is 4.92 Å². The highest BCUT2D eigenvalue weighted by molar-refractivity contribution is 7.11. The lowest BCUT2D eigenvalue weighted by Gasteiger charge is -2.22. The molecule has 1 aliphatic rings. The molecule has 9 heteroatoms. The van der Waals surface area contributed by atoms with Crippen LogP contribution in [0.25, 0.3) is 11.1 Å². The van der Waals surface area contributed by atoms with Crippen LogP contribution in [-0.4, -0.2) is 26.1 Å². The summed E-state index contributed by atoms with van der Waals surface area (Å²) < 4.78 is 5.17. The lowest BCUT2D eigenvalue weighted by atomic mass is 9.97. The fourth-order valence-electron chi connectivity index (χ4n) is 3.56. The quantitative estimate of drug-likeness (QED) is 0.534. The Hall–Kier alpha value is -2.81. The molecule has 1 atom stereocenters. The first-order valence-corrected chi connectivity index (χ1v) is 9.53. The molecule has 0 radical (unpaired) electrons. The Balaban J connectivity index is 1.62. The molecule has 4 rings (SSSR count). The summed E-state index contributed by atoms with van der Waals surface area (Å²) in [6.07, 6.45) is 4.20. The van der Waals surface area contributed by atoms with Gasteiger partial charge >= 0.3 is 5.69 Å². The second kappa shape index (κ2) is 6.73. The summed E-state index contributed by atoms with van der Waals surface area (Å²) in [6, 6.07) is 1.64. The van der Waals surface area contributed by atoms with Crippen LogP contribution in [0.3, 0.4) is 0 Å². The third-order valence-corrected chi connectivity index (χ3v) is 5.81. The number of pyridine rings is 1. The van der Waals surface area contributed by atoms with Gasteiger partial charge in [-0.1, -0.05) is 5.16 Å². The van der Waals surface area contributed by atoms with Crippen molar-refractivity contribution in [2.45, 2.75) is 46.1 Å². The van der Waals surface area contributed by atoms with Crippen molar-refractivity contribution < 1.29 is 9.45 Å². The Bertz CT molecular complexity index is 1010. The van der Waals surface area contributed by atoms with Crippen LogP contribution >= 0.6 is 11.3 Å². The number of hydrogen-bond donors (Lipinski definition) is 1. The van der Waals surface area contributed by atoms with Gasteiger partial charge in [0, 0.05) is 40.7 Å². The van der Waals surface area contributed by atoms with Crippen LogP contribution in [0.4, 0.5) is 11.5 Å². The Morgan fingerprint density at radius 1 is 1.37 bits per heavy atom. The van der Waals surface area contributed by atoms with Crippen molar-refractivity contribution in [2.75, 3.05) is 5.32 Å². The lowest BCUT2D eigenvalue weighted by Crippen LogP contribution is -2.27. The molecule has 1 aliphatic carbocycles. The number of rotatable bonds is 4. The van der Waals surface area contributed by atoms with E-state index >= 15 is 0 Å². The molecule has 0 spiro atoms. The van der Waals surface area contributed by atoms with E-state index in [0.29, 0.717) is 22.8 Å². The number of anilines is 1. The van der Waals surface area contributed by atoms with Crippen molar-refractivity contribution >= 4 is 22.8 Å². The molecule has 0 saturated heterocycles. The van der Waals surface area contributed by atoms with E-state index in [1.165, 1.54) is 10.9 Å². The molecule has 140 valence electrons. The fraction of sp³-hybridized carbons (Fsp3) is 0.389. The van der Waals surface area contributed by atoms with E-state index in [2.05, 4.69) is 20.4 Å². The largest absolute Gasteiger partial charge is 0.361 e. The minimum atomic E-state index is -0.401. The smallest absolute Gasteiger partial charge is 0.311 e. The van der Waals surface area contributed by atoms with Crippen molar-refractivity contribution in [1.82, 2.24) is 15.1 Å². The van der Waals surface area contributed by atoms with Crippen molar-refractivity contribution in [1.29, 1.82) is 0 Å². The Morgan fingerprint density at radius 3 is 2.89 bits per heavy atom. The SMILES string of the molecule is Cc1nc2c(s1)C[C@@H](Nc1ncc(-c3c(C)noc3C)cc1[N+](=O)[O-])CC2. The Morgan fingerprint density at radius 2 is 2.19 bits per heavy atom. The molecule has 0 unspecified atom stereocenters. The van der Waals surface area contributed by atoms with E-state index in [1.54, 1.807) is 31.4 Å². The van der Waals surface area contributed by atoms with Gasteiger partial charge in [0.2, 0.25) is 5.82 Å². The van der Waals surface area contributed by atoms with Gasteiger partial charge in [-0.25, -0.2) is 9.97 Å². The zero-order valence-corrected chi connectivity index (χ0v) is 16.1. The predicted molar refractivity (Wildman–Crippen MR) is 102 cm³/mol. The van der Waals surface area contributed by atoms with Gasteiger partial charge < -0.3 is 9.84 Å². The van der Waals surface area contributed by atoms with E-state index in [9.17, 15) is 10.1 Å². The third kappa shape index (κ3) is 3.30. The maximum absolute atomic E-state index is 11.6. The minimum absolute atomic E-state index is 0.0428. The molecule has 3 aromatic rings. The van der Waals surface area contributed by atoms with Gasteiger partial charge in [0.05, 0.1) is 21.3 Å². The highest BCUT2D eigenvalue weighted by atomic mass is 32.1. The molecule has 0 amide bonds. The molecular weight excluding hydrogens is 366 g/mol. The van der Waals surface area contributed by atoms with Gasteiger partial charge in [0.15, 0.2) is 0 Å². The Labute approximate surface area is 159 Å². The molecular formula is C18H19N5O3S. The molecule has 3 aromatic heterocycles. The molecule has 0 fully saturated rings. The standard InChI is InChI=1S/C18H19N5O3S/c1-9-17(10(2)26-22-9)12-6-15(23(24)25)18(19-8-12)21-13-4-5-14-16(7-13)27-11(3)20-14/h6,8,13H,4-5,7H2,1-3H3,(H,19,21)/t13-/m0/s1. The summed E-state index contributed by atoms with van der Waals surface area (Å²) >= 11 is 1.70. The number of thiazole rings is 1. The average Bonchev–Trinajstić information content (AvgIpc) is 3.16. The molecule has 0 saturated carbocycles. The van der Waals surface area contributed by atoms with Crippen molar-refractivity contribution in [3.8, 4) is 11.1 Å². The van der Waals surface area contributed by atoms with Gasteiger partial charge in [-0.15, -0.1) is 11.3 Å². The summed E-state index contributed by atoms with van der Waals surface area (Å²) in [5.41, 5.74) is 3.18. The summed E-state index contributed by atoms with van der Waals surface area (Å²) in [6.45, 7) is 5.59. The zero-order valence-electron chi connectivity index (χ0n) is 15.3. The van der Waals surface area contributed by atoms with Crippen LogP contribution in [-0.2, 0) is 12.8 Å². The van der Waals surface area contributed by atoms with Gasteiger partial charge in [-0.2, -0.15) is 0 Å². The average molecular weight is 385 g/mol. The van der Waals surface area contributed by atoms with E-state index in [-0.39, 0.29) is 11.7 Å². The van der Waals surface area contributed by atoms with E-state index in [4.69, 9.17) is 4.52 Å². The molecule has 0 bridgehead atoms. The minimum Gasteiger partial charge on any atom is -0.361 e. The molecule has 1 N–H and O–H groups in total. The number of aromatic nitrogens is 3. The summed E-state index contributed by atoms with van der Waals surface area (Å²) in [5, 5.41) is 19.9. The molecule has 8 nitrogen and oxygen atoms in total. The van der Waals surface area contributed by atoms with Crippen LogP contribution in [0, 0.1) is 30.9 Å². The first-order valence-electron chi connectivity index (χ1n) is 8.71. The monoisotopic (exact) mass is 385 g/mol.